The van der Waals surface area contributed by atoms with Crippen LogP contribution in [0.1, 0.15) is 5.56 Å². The average molecular weight is 344 g/mol. The zero-order valence-electron chi connectivity index (χ0n) is 14.5. The highest BCUT2D eigenvalue weighted by molar-refractivity contribution is 5.93. The molecular weight excluding hydrogens is 327 g/mol. The molecule has 128 valence electrons. The molecule has 2 heterocycles. The van der Waals surface area contributed by atoms with E-state index < -0.39 is 0 Å². The first-order valence-electron chi connectivity index (χ1n) is 8.32. The van der Waals surface area contributed by atoms with Crippen LogP contribution in [0.15, 0.2) is 60.9 Å². The van der Waals surface area contributed by atoms with Gasteiger partial charge in [0.2, 0.25) is 0 Å². The molecule has 4 rings (SSSR count). The van der Waals surface area contributed by atoms with Crippen LogP contribution in [0.4, 0.5) is 10.2 Å². The number of pyridine rings is 1. The van der Waals surface area contributed by atoms with Gasteiger partial charge in [0.15, 0.2) is 5.82 Å². The molecule has 26 heavy (non-hydrogen) atoms. The van der Waals surface area contributed by atoms with Crippen LogP contribution in [0.5, 0.6) is 0 Å². The minimum atomic E-state index is -0.231. The first kappa shape index (κ1) is 16.1. The van der Waals surface area contributed by atoms with Crippen LogP contribution in [0.3, 0.4) is 0 Å². The Kier molecular flexibility index (Phi) is 4.05. The van der Waals surface area contributed by atoms with Crippen molar-refractivity contribution in [1.82, 2.24) is 15.0 Å². The Morgan fingerprint density at radius 2 is 1.85 bits per heavy atom. The molecule has 0 amide bonds. The van der Waals surface area contributed by atoms with E-state index in [0.717, 1.165) is 39.0 Å². The third-order valence-corrected chi connectivity index (χ3v) is 4.35. The number of nitrogens with zero attached hydrogens (tertiary/aromatic N) is 3. The average Bonchev–Trinajstić information content (AvgIpc) is 2.67. The van der Waals surface area contributed by atoms with Gasteiger partial charge in [-0.25, -0.2) is 14.4 Å². The molecule has 2 aromatic carbocycles. The molecule has 2 aromatic heterocycles. The number of aryl methyl sites for hydroxylation is 1. The van der Waals surface area contributed by atoms with Crippen molar-refractivity contribution < 1.29 is 4.39 Å². The highest BCUT2D eigenvalue weighted by Gasteiger charge is 2.11. The minimum Gasteiger partial charge on any atom is -0.373 e. The predicted octanol–water partition coefficient (Wildman–Crippen LogP) is 4.85. The summed E-state index contributed by atoms with van der Waals surface area (Å²) in [6.07, 6.45) is 3.47. The highest BCUT2D eigenvalue weighted by atomic mass is 19.1. The zero-order chi connectivity index (χ0) is 18.1. The number of hydrogen-bond donors (Lipinski definition) is 1. The molecule has 4 nitrogen and oxygen atoms in total. The number of halogens is 1. The Hall–Kier alpha value is -3.34. The number of benzene rings is 2. The van der Waals surface area contributed by atoms with E-state index in [1.54, 1.807) is 24.5 Å². The topological polar surface area (TPSA) is 50.7 Å². The molecule has 0 aliphatic heterocycles. The Labute approximate surface area is 150 Å². The number of hydrogen-bond acceptors (Lipinski definition) is 4. The first-order valence-corrected chi connectivity index (χ1v) is 8.32. The lowest BCUT2D eigenvalue weighted by atomic mass is 9.99. The smallest absolute Gasteiger partial charge is 0.163 e. The summed E-state index contributed by atoms with van der Waals surface area (Å²) in [7, 11) is 1.84. The van der Waals surface area contributed by atoms with Crippen LogP contribution in [0, 0.1) is 12.7 Å². The normalized spacial score (nSPS) is 10.9. The second-order valence-corrected chi connectivity index (χ2v) is 6.08. The summed E-state index contributed by atoms with van der Waals surface area (Å²) in [5.41, 5.74) is 4.55. The Morgan fingerprint density at radius 1 is 0.962 bits per heavy atom. The van der Waals surface area contributed by atoms with Gasteiger partial charge in [-0.2, -0.15) is 0 Å². The molecule has 0 fully saturated rings. The fourth-order valence-electron chi connectivity index (χ4n) is 3.06. The molecule has 4 aromatic rings. The summed E-state index contributed by atoms with van der Waals surface area (Å²) in [6, 6.07) is 14.6. The molecule has 0 saturated carbocycles. The van der Waals surface area contributed by atoms with Crippen molar-refractivity contribution >= 4 is 16.7 Å². The highest BCUT2D eigenvalue weighted by Crippen LogP contribution is 2.30. The van der Waals surface area contributed by atoms with Crippen LogP contribution < -0.4 is 5.32 Å². The lowest BCUT2D eigenvalue weighted by Crippen LogP contribution is -1.99. The molecule has 0 saturated heterocycles. The van der Waals surface area contributed by atoms with Crippen molar-refractivity contribution in [2.45, 2.75) is 6.92 Å². The fourth-order valence-corrected chi connectivity index (χ4v) is 3.06. The van der Waals surface area contributed by atoms with Crippen molar-refractivity contribution in [3.63, 3.8) is 0 Å². The molecule has 0 unspecified atom stereocenters. The van der Waals surface area contributed by atoms with Crippen LogP contribution in [0.2, 0.25) is 0 Å². The number of nitrogens with one attached hydrogen (secondary N) is 1. The van der Waals surface area contributed by atoms with Crippen molar-refractivity contribution in [1.29, 1.82) is 0 Å². The molecule has 0 aliphatic rings. The Morgan fingerprint density at radius 3 is 2.58 bits per heavy atom. The fraction of sp³-hybridized carbons (Fsp3) is 0.0952. The number of rotatable bonds is 3. The van der Waals surface area contributed by atoms with E-state index in [9.17, 15) is 4.39 Å². The van der Waals surface area contributed by atoms with E-state index in [1.807, 2.05) is 44.3 Å². The third kappa shape index (κ3) is 2.88. The van der Waals surface area contributed by atoms with E-state index in [-0.39, 0.29) is 5.82 Å². The standard InChI is InChI=1S/C21H17FN4/c1-13-10-16(22)6-8-17(13)14-5-7-18-19(11-14)25-20(26-21(18)23-2)15-4-3-9-24-12-15/h3-12H,1-2H3,(H,23,25,26). The van der Waals surface area contributed by atoms with Crippen LogP contribution in [0.25, 0.3) is 33.4 Å². The van der Waals surface area contributed by atoms with E-state index in [1.165, 1.54) is 6.07 Å². The lowest BCUT2D eigenvalue weighted by molar-refractivity contribution is 0.627. The molecule has 0 aliphatic carbocycles. The Balaban J connectivity index is 1.91. The van der Waals surface area contributed by atoms with Gasteiger partial charge in [0, 0.05) is 30.4 Å². The summed E-state index contributed by atoms with van der Waals surface area (Å²) in [6.45, 7) is 1.91. The van der Waals surface area contributed by atoms with Crippen LogP contribution in [-0.2, 0) is 0 Å². The summed E-state index contributed by atoms with van der Waals surface area (Å²) in [5.74, 6) is 1.14. The van der Waals surface area contributed by atoms with Gasteiger partial charge in [0.05, 0.1) is 5.52 Å². The molecule has 1 N–H and O–H groups in total. The van der Waals surface area contributed by atoms with Crippen molar-refractivity contribution in [2.24, 2.45) is 0 Å². The predicted molar refractivity (Wildman–Crippen MR) is 102 cm³/mol. The van der Waals surface area contributed by atoms with Gasteiger partial charge >= 0.3 is 0 Å². The number of anilines is 1. The van der Waals surface area contributed by atoms with Gasteiger partial charge in [-0.3, -0.25) is 4.98 Å². The van der Waals surface area contributed by atoms with Crippen LogP contribution >= 0.6 is 0 Å². The first-order chi connectivity index (χ1) is 12.7. The quantitative estimate of drug-likeness (QED) is 0.577. The summed E-state index contributed by atoms with van der Waals surface area (Å²) < 4.78 is 13.4. The number of aromatic nitrogens is 3. The second-order valence-electron chi connectivity index (χ2n) is 6.08. The van der Waals surface area contributed by atoms with E-state index in [4.69, 9.17) is 4.98 Å². The lowest BCUT2D eigenvalue weighted by Gasteiger charge is -2.11. The summed E-state index contributed by atoms with van der Waals surface area (Å²) in [5, 5.41) is 4.07. The molecule has 0 bridgehead atoms. The van der Waals surface area contributed by atoms with Gasteiger partial charge in [-0.15, -0.1) is 0 Å². The maximum absolute atomic E-state index is 13.4. The zero-order valence-corrected chi connectivity index (χ0v) is 14.5. The Bertz CT molecular complexity index is 1090. The van der Waals surface area contributed by atoms with Crippen LogP contribution in [-0.4, -0.2) is 22.0 Å². The van der Waals surface area contributed by atoms with E-state index in [0.29, 0.717) is 5.82 Å². The molecule has 0 radical (unpaired) electrons. The maximum Gasteiger partial charge on any atom is 0.163 e. The van der Waals surface area contributed by atoms with Crippen molar-refractivity contribution in [3.05, 3.63) is 72.3 Å². The largest absolute Gasteiger partial charge is 0.373 e. The maximum atomic E-state index is 13.4. The molecule has 0 spiro atoms. The second kappa shape index (κ2) is 6.52. The third-order valence-electron chi connectivity index (χ3n) is 4.35. The van der Waals surface area contributed by atoms with Gasteiger partial charge in [-0.05, 0) is 60.0 Å². The van der Waals surface area contributed by atoms with E-state index in [2.05, 4.69) is 15.3 Å². The van der Waals surface area contributed by atoms with Crippen molar-refractivity contribution in [2.75, 3.05) is 12.4 Å². The van der Waals surface area contributed by atoms with Crippen molar-refractivity contribution in [3.8, 4) is 22.5 Å². The van der Waals surface area contributed by atoms with Gasteiger partial charge in [0.1, 0.15) is 11.6 Å². The molecule has 0 atom stereocenters. The SMILES string of the molecule is CNc1nc(-c2cccnc2)nc2cc(-c3ccc(F)cc3C)ccc12. The van der Waals surface area contributed by atoms with E-state index >= 15 is 0 Å². The van der Waals surface area contributed by atoms with Gasteiger partial charge < -0.3 is 5.32 Å². The molecule has 5 heteroatoms. The van der Waals surface area contributed by atoms with Gasteiger partial charge in [0.25, 0.3) is 0 Å². The molecular formula is C21H17FN4. The summed E-state index contributed by atoms with van der Waals surface area (Å²) in [4.78, 5) is 13.5. The summed E-state index contributed by atoms with van der Waals surface area (Å²) >= 11 is 0. The van der Waals surface area contributed by atoms with Gasteiger partial charge in [-0.1, -0.05) is 12.1 Å². The number of fused-ring (bicyclic) bond motifs is 1. The monoisotopic (exact) mass is 344 g/mol. The minimum absolute atomic E-state index is 0.231.